The number of hydrogen-bond acceptors (Lipinski definition) is 9. The number of ether oxygens (including phenoxy) is 3. The van der Waals surface area contributed by atoms with Crippen molar-refractivity contribution in [1.82, 2.24) is 10.6 Å². The average Bonchev–Trinajstić information content (AvgIpc) is 4.05. The first kappa shape index (κ1) is 53.5. The highest BCUT2D eigenvalue weighted by Crippen LogP contribution is 2.31. The molecular weight excluding hydrogens is 859 g/mol. The Kier molecular flexibility index (Phi) is 19.8. The van der Waals surface area contributed by atoms with Crippen LogP contribution in [-0.4, -0.2) is 96.8 Å². The molecule has 366 valence electrons. The molecule has 3 aromatic rings. The van der Waals surface area contributed by atoms with Crippen molar-refractivity contribution in [2.45, 2.75) is 130 Å². The summed E-state index contributed by atoms with van der Waals surface area (Å²) in [6.07, 6.45) is 7.59. The molecule has 2 aliphatic heterocycles. The number of Topliss-reactive ketones (excluding diaryl/α,β-unsaturated/α-hetero) is 3. The Bertz CT molecular complexity index is 2220. The summed E-state index contributed by atoms with van der Waals surface area (Å²) < 4.78 is 17.4. The summed E-state index contributed by atoms with van der Waals surface area (Å²) in [7, 11) is 0. The molecule has 0 unspecified atom stereocenters. The molecule has 0 radical (unpaired) electrons. The van der Waals surface area contributed by atoms with Crippen LogP contribution in [0.25, 0.3) is 0 Å². The minimum absolute atomic E-state index is 0.0142. The van der Waals surface area contributed by atoms with Gasteiger partial charge in [0.2, 0.25) is 11.8 Å². The number of carbonyl (C=O) groups is 6. The van der Waals surface area contributed by atoms with E-state index in [9.17, 15) is 28.8 Å². The van der Waals surface area contributed by atoms with E-state index in [1.165, 1.54) is 0 Å². The lowest BCUT2D eigenvalue weighted by Crippen LogP contribution is -2.57. The van der Waals surface area contributed by atoms with Crippen LogP contribution in [0, 0.1) is 49.9 Å². The molecule has 5 rings (SSSR count). The molecule has 12 nitrogen and oxygen atoms in total. The highest BCUT2D eigenvalue weighted by Gasteiger charge is 2.50. The summed E-state index contributed by atoms with van der Waals surface area (Å²) in [6.45, 7) is 16.7. The van der Waals surface area contributed by atoms with Crippen LogP contribution in [0.1, 0.15) is 107 Å². The minimum Gasteiger partial charge on any atom is -0.426 e. The maximum Gasteiger partial charge on any atom is 0.312 e. The second-order valence-electron chi connectivity index (χ2n) is 20.2. The van der Waals surface area contributed by atoms with Gasteiger partial charge < -0.3 is 29.3 Å². The van der Waals surface area contributed by atoms with Gasteiger partial charge in [0.15, 0.2) is 17.3 Å². The van der Waals surface area contributed by atoms with E-state index in [2.05, 4.69) is 16.6 Å². The van der Waals surface area contributed by atoms with Gasteiger partial charge in [0.05, 0.1) is 38.3 Å². The van der Waals surface area contributed by atoms with Gasteiger partial charge in [-0.05, 0) is 99.1 Å². The summed E-state index contributed by atoms with van der Waals surface area (Å²) >= 11 is 0. The van der Waals surface area contributed by atoms with E-state index in [1.54, 1.807) is 6.92 Å². The van der Waals surface area contributed by atoms with Crippen LogP contribution in [0.5, 0.6) is 5.75 Å². The van der Waals surface area contributed by atoms with Crippen molar-refractivity contribution < 1.29 is 47.5 Å². The Morgan fingerprint density at radius 3 is 1.91 bits per heavy atom. The number of carbonyl (C=O) groups excluding carboxylic acids is 6. The predicted octanol–water partition coefficient (Wildman–Crippen LogP) is 7.42. The van der Waals surface area contributed by atoms with E-state index in [0.29, 0.717) is 81.8 Å². The molecule has 12 heteroatoms. The van der Waals surface area contributed by atoms with Gasteiger partial charge in [0.25, 0.3) is 0 Å². The Morgan fingerprint density at radius 1 is 0.779 bits per heavy atom. The third-order valence-corrected chi connectivity index (χ3v) is 13.1. The van der Waals surface area contributed by atoms with Gasteiger partial charge in [-0.15, -0.1) is 12.3 Å². The molecule has 2 heterocycles. The van der Waals surface area contributed by atoms with E-state index < -0.39 is 35.4 Å². The fraction of sp³-hybridized carbons (Fsp3) is 0.536. The van der Waals surface area contributed by atoms with Crippen molar-refractivity contribution in [2.75, 3.05) is 39.5 Å². The zero-order valence-corrected chi connectivity index (χ0v) is 41.4. The molecule has 0 spiro atoms. The molecule has 0 saturated carbocycles. The fourth-order valence-electron chi connectivity index (χ4n) is 9.33. The average molecular weight is 933 g/mol. The summed E-state index contributed by atoms with van der Waals surface area (Å²) in [4.78, 5) is 83.8. The Labute approximate surface area is 404 Å². The maximum atomic E-state index is 14.6. The lowest BCUT2D eigenvalue weighted by atomic mass is 9.87. The van der Waals surface area contributed by atoms with Crippen molar-refractivity contribution in [3.63, 3.8) is 0 Å². The van der Waals surface area contributed by atoms with E-state index in [-0.39, 0.29) is 73.3 Å². The number of benzene rings is 3. The topological polar surface area (TPSA) is 157 Å². The number of terminal acetylenes is 1. The van der Waals surface area contributed by atoms with E-state index >= 15 is 0 Å². The number of ketones is 3. The second-order valence-corrected chi connectivity index (χ2v) is 20.2. The number of hydrogen-bond donors (Lipinski definition) is 2. The maximum absolute atomic E-state index is 14.6. The number of morpholine rings is 1. The summed E-state index contributed by atoms with van der Waals surface area (Å²) in [6, 6.07) is 21.6. The first-order valence-electron chi connectivity index (χ1n) is 24.5. The largest absolute Gasteiger partial charge is 0.426 e. The Morgan fingerprint density at radius 2 is 1.34 bits per heavy atom. The molecule has 2 saturated heterocycles. The van der Waals surface area contributed by atoms with Gasteiger partial charge in [0.1, 0.15) is 37.5 Å². The normalized spacial score (nSPS) is 18.1. The van der Waals surface area contributed by atoms with Crippen LogP contribution in [0.15, 0.2) is 72.8 Å². The van der Waals surface area contributed by atoms with Crippen molar-refractivity contribution in [3.8, 4) is 18.1 Å². The fourth-order valence-corrected chi connectivity index (χ4v) is 9.33. The standard InChI is InChI=1S/C56H73N3O9/c1-9-10-21-51(62)68-52-40(6)30-44(31-41(52)7)35-59(24-26-66-27-25-59)36-47(60)33-45(23-22-42-17-13-11-14-18-42)54(64)57-48(28-38(2)3)50(61)34-46(32-43-19-15-12-16-20-43)55(65)58-49(29-39(4)5)53(63)56(8)37-67-56/h1,11-20,30-31,38-39,45-46,48-49H,10,21-29,32-37H2,2-8H3,(H-,57,58,64,65)/p+1/t45-,46-,48+,49+,56-/m1/s1. The number of esters is 1. The number of aryl methyl sites for hydroxylation is 3. The van der Waals surface area contributed by atoms with Gasteiger partial charge in [-0.3, -0.25) is 28.8 Å². The third kappa shape index (κ3) is 16.3. The van der Waals surface area contributed by atoms with Crippen LogP contribution >= 0.6 is 0 Å². The number of nitrogens with one attached hydrogen (secondary N) is 2. The number of rotatable bonds is 27. The van der Waals surface area contributed by atoms with Crippen molar-refractivity contribution in [2.24, 2.45) is 23.7 Å². The van der Waals surface area contributed by atoms with Gasteiger partial charge in [-0.25, -0.2) is 0 Å². The molecular formula is C56H74N3O9+. The van der Waals surface area contributed by atoms with E-state index in [4.69, 9.17) is 20.6 Å². The zero-order chi connectivity index (χ0) is 49.4. The van der Waals surface area contributed by atoms with Crippen LogP contribution < -0.4 is 15.4 Å². The third-order valence-electron chi connectivity index (χ3n) is 13.1. The van der Waals surface area contributed by atoms with Crippen LogP contribution in [0.3, 0.4) is 0 Å². The van der Waals surface area contributed by atoms with E-state index in [0.717, 1.165) is 27.8 Å². The zero-order valence-electron chi connectivity index (χ0n) is 41.4. The highest BCUT2D eigenvalue weighted by molar-refractivity contribution is 5.98. The molecule has 0 bridgehead atoms. The first-order chi connectivity index (χ1) is 32.4. The lowest BCUT2D eigenvalue weighted by molar-refractivity contribution is -0.940. The first-order valence-corrected chi connectivity index (χ1v) is 24.5. The molecule has 0 aliphatic carbocycles. The van der Waals surface area contributed by atoms with Gasteiger partial charge in [-0.1, -0.05) is 88.4 Å². The SMILES string of the molecule is C#CCCC(=O)Oc1c(C)cc(C[N+]2(CC(=O)C[C@@H](CCc3ccccc3)C(=O)N[C@@H](CC(C)C)C(=O)C[C@@H](Cc3ccccc3)C(=O)N[C@@H](CC(C)C)C(=O)[C@@]3(C)CO3)CCOCC2)cc1C. The van der Waals surface area contributed by atoms with Gasteiger partial charge in [0, 0.05) is 36.7 Å². The summed E-state index contributed by atoms with van der Waals surface area (Å²) in [5.74, 6) is -0.0854. The lowest BCUT2D eigenvalue weighted by Gasteiger charge is -2.41. The molecule has 2 fully saturated rings. The molecule has 2 aliphatic rings. The second kappa shape index (κ2) is 25.2. The molecule has 3 aromatic carbocycles. The minimum atomic E-state index is -0.931. The summed E-state index contributed by atoms with van der Waals surface area (Å²) in [5, 5.41) is 6.10. The molecule has 0 aromatic heterocycles. The summed E-state index contributed by atoms with van der Waals surface area (Å²) in [5.41, 5.74) is 3.59. The Balaban J connectivity index is 1.35. The quantitative estimate of drug-likeness (QED) is 0.0261. The van der Waals surface area contributed by atoms with Crippen LogP contribution in [0.2, 0.25) is 0 Å². The van der Waals surface area contributed by atoms with Crippen molar-refractivity contribution in [1.29, 1.82) is 0 Å². The Hall–Kier alpha value is -5.48. The smallest absolute Gasteiger partial charge is 0.312 e. The molecule has 68 heavy (non-hydrogen) atoms. The number of quaternary nitrogens is 1. The molecule has 2 amide bonds. The van der Waals surface area contributed by atoms with Crippen LogP contribution in [0.4, 0.5) is 0 Å². The number of nitrogens with zero attached hydrogens (tertiary/aromatic N) is 1. The van der Waals surface area contributed by atoms with Gasteiger partial charge in [-0.2, -0.15) is 0 Å². The van der Waals surface area contributed by atoms with E-state index in [1.807, 2.05) is 114 Å². The van der Waals surface area contributed by atoms with Gasteiger partial charge >= 0.3 is 5.97 Å². The highest BCUT2D eigenvalue weighted by atomic mass is 16.6. The number of amides is 2. The van der Waals surface area contributed by atoms with Crippen LogP contribution in [-0.2, 0) is 57.6 Å². The van der Waals surface area contributed by atoms with Crippen molar-refractivity contribution in [3.05, 3.63) is 101 Å². The predicted molar refractivity (Wildman–Crippen MR) is 262 cm³/mol. The monoisotopic (exact) mass is 933 g/mol. The molecule has 5 atom stereocenters. The number of epoxide rings is 1. The van der Waals surface area contributed by atoms with Crippen molar-refractivity contribution >= 4 is 35.1 Å². The molecule has 2 N–H and O–H groups in total.